The molecule has 0 bridgehead atoms. The highest BCUT2D eigenvalue weighted by Crippen LogP contribution is 2.01. The molecule has 0 saturated heterocycles. The van der Waals surface area contributed by atoms with Gasteiger partial charge >= 0.3 is 0 Å². The van der Waals surface area contributed by atoms with E-state index in [1.807, 2.05) is 32.1 Å². The molecule has 1 rings (SSSR count). The maximum absolute atomic E-state index is 5.73. The summed E-state index contributed by atoms with van der Waals surface area (Å²) in [4.78, 5) is 0. The molecular weight excluding hydrogens is 155 g/mol. The standard InChI is InChI=1S/C10H11B.C2H6/c1-3-4-9-7-8(2)5-6-10(9)11;1-2/h3,5-7H,1,4H2,2H3;1-2H3. The van der Waals surface area contributed by atoms with Gasteiger partial charge in [-0.3, -0.25) is 0 Å². The van der Waals surface area contributed by atoms with Gasteiger partial charge in [0.05, 0.1) is 0 Å². The fourth-order valence-electron chi connectivity index (χ4n) is 1.07. The molecule has 0 nitrogen and oxygen atoms in total. The lowest BCUT2D eigenvalue weighted by atomic mass is 9.88. The highest BCUT2D eigenvalue weighted by Gasteiger charge is 1.94. The Morgan fingerprint density at radius 1 is 1.38 bits per heavy atom. The van der Waals surface area contributed by atoms with Crippen LogP contribution in [0.15, 0.2) is 30.9 Å². The third-order valence-corrected chi connectivity index (χ3v) is 1.66. The summed E-state index contributed by atoms with van der Waals surface area (Å²) >= 11 is 0. The van der Waals surface area contributed by atoms with Crippen LogP contribution in [0.2, 0.25) is 0 Å². The quantitative estimate of drug-likeness (QED) is 0.475. The zero-order chi connectivity index (χ0) is 10.3. The summed E-state index contributed by atoms with van der Waals surface area (Å²) in [6.45, 7) is 9.73. The number of allylic oxidation sites excluding steroid dienone is 1. The molecule has 0 N–H and O–H groups in total. The molecule has 0 heterocycles. The lowest BCUT2D eigenvalue weighted by molar-refractivity contribution is 1.28. The van der Waals surface area contributed by atoms with Crippen LogP contribution < -0.4 is 5.46 Å². The topological polar surface area (TPSA) is 0 Å². The summed E-state index contributed by atoms with van der Waals surface area (Å²) < 4.78 is 0. The van der Waals surface area contributed by atoms with Gasteiger partial charge in [-0.15, -0.1) is 6.58 Å². The first-order valence-corrected chi connectivity index (χ1v) is 4.70. The summed E-state index contributed by atoms with van der Waals surface area (Å²) in [5.74, 6) is 0. The average Bonchev–Trinajstić information content (AvgIpc) is 2.15. The van der Waals surface area contributed by atoms with Gasteiger partial charge < -0.3 is 0 Å². The second-order valence-corrected chi connectivity index (χ2v) is 2.70. The molecule has 0 aromatic heterocycles. The number of hydrogen-bond donors (Lipinski definition) is 0. The molecule has 0 amide bonds. The molecule has 68 valence electrons. The van der Waals surface area contributed by atoms with Gasteiger partial charge in [0, 0.05) is 0 Å². The highest BCUT2D eigenvalue weighted by molar-refractivity contribution is 6.33. The number of aryl methyl sites for hydroxylation is 1. The van der Waals surface area contributed by atoms with E-state index in [0.717, 1.165) is 11.9 Å². The Hall–Kier alpha value is -0.975. The van der Waals surface area contributed by atoms with E-state index < -0.39 is 0 Å². The van der Waals surface area contributed by atoms with Crippen molar-refractivity contribution in [3.63, 3.8) is 0 Å². The van der Waals surface area contributed by atoms with Crippen LogP contribution >= 0.6 is 0 Å². The first-order chi connectivity index (χ1) is 6.24. The van der Waals surface area contributed by atoms with Crippen LogP contribution in [0, 0.1) is 6.92 Å². The minimum absolute atomic E-state index is 0.855. The molecule has 0 fully saturated rings. The van der Waals surface area contributed by atoms with Crippen molar-refractivity contribution in [1.29, 1.82) is 0 Å². The van der Waals surface area contributed by atoms with E-state index in [4.69, 9.17) is 7.85 Å². The average molecular weight is 172 g/mol. The van der Waals surface area contributed by atoms with E-state index in [1.54, 1.807) is 0 Å². The van der Waals surface area contributed by atoms with Crippen LogP contribution in [0.25, 0.3) is 0 Å². The third-order valence-electron chi connectivity index (χ3n) is 1.66. The van der Waals surface area contributed by atoms with Crippen molar-refractivity contribution < 1.29 is 0 Å². The molecule has 0 spiro atoms. The Morgan fingerprint density at radius 3 is 2.54 bits per heavy atom. The minimum atomic E-state index is 0.855. The van der Waals surface area contributed by atoms with Gasteiger partial charge in [0.15, 0.2) is 0 Å². The van der Waals surface area contributed by atoms with Gasteiger partial charge in [-0.2, -0.15) is 0 Å². The predicted molar refractivity (Wildman–Crippen MR) is 61.8 cm³/mol. The van der Waals surface area contributed by atoms with E-state index in [1.165, 1.54) is 11.1 Å². The first-order valence-electron chi connectivity index (χ1n) is 4.70. The summed E-state index contributed by atoms with van der Waals surface area (Å²) in [7, 11) is 5.73. The molecule has 0 saturated carbocycles. The van der Waals surface area contributed by atoms with Crippen molar-refractivity contribution in [2.45, 2.75) is 27.2 Å². The van der Waals surface area contributed by atoms with Gasteiger partial charge in [-0.1, -0.05) is 54.7 Å². The summed E-state index contributed by atoms with van der Waals surface area (Å²) in [6.07, 6.45) is 2.72. The van der Waals surface area contributed by atoms with Crippen LogP contribution in [0.5, 0.6) is 0 Å². The molecule has 2 radical (unpaired) electrons. The van der Waals surface area contributed by atoms with Crippen LogP contribution in [-0.4, -0.2) is 7.85 Å². The Balaban J connectivity index is 0.000000671. The predicted octanol–water partition coefficient (Wildman–Crippen LogP) is 2.54. The normalized spacial score (nSPS) is 8.54. The van der Waals surface area contributed by atoms with Crippen molar-refractivity contribution >= 4 is 13.3 Å². The van der Waals surface area contributed by atoms with Crippen molar-refractivity contribution in [2.24, 2.45) is 0 Å². The van der Waals surface area contributed by atoms with E-state index in [0.29, 0.717) is 0 Å². The van der Waals surface area contributed by atoms with E-state index in [2.05, 4.69) is 19.6 Å². The largest absolute Gasteiger partial charge is 0.114 e. The zero-order valence-corrected chi connectivity index (χ0v) is 8.80. The molecule has 1 heteroatoms. The minimum Gasteiger partial charge on any atom is -0.103 e. The number of benzene rings is 1. The van der Waals surface area contributed by atoms with Gasteiger partial charge in [0.1, 0.15) is 7.85 Å². The Kier molecular flexibility index (Phi) is 6.04. The van der Waals surface area contributed by atoms with Crippen molar-refractivity contribution in [1.82, 2.24) is 0 Å². The zero-order valence-electron chi connectivity index (χ0n) is 8.80. The van der Waals surface area contributed by atoms with Crippen LogP contribution in [0.4, 0.5) is 0 Å². The molecule has 0 aliphatic heterocycles. The Bertz CT molecular complexity index is 264. The molecule has 1 aromatic rings. The second-order valence-electron chi connectivity index (χ2n) is 2.70. The molecule has 0 unspecified atom stereocenters. The monoisotopic (exact) mass is 172 g/mol. The molecule has 13 heavy (non-hydrogen) atoms. The van der Waals surface area contributed by atoms with Crippen LogP contribution in [0.3, 0.4) is 0 Å². The molecule has 0 aliphatic rings. The number of hydrogen-bond acceptors (Lipinski definition) is 0. The first kappa shape index (κ1) is 12.0. The highest BCUT2D eigenvalue weighted by atomic mass is 14.0. The molecule has 0 aliphatic carbocycles. The van der Waals surface area contributed by atoms with Crippen molar-refractivity contribution in [2.75, 3.05) is 0 Å². The number of rotatable bonds is 2. The van der Waals surface area contributed by atoms with Crippen molar-refractivity contribution in [3.8, 4) is 0 Å². The Labute approximate surface area is 83.1 Å². The smallest absolute Gasteiger partial charge is 0.103 e. The van der Waals surface area contributed by atoms with Crippen LogP contribution in [-0.2, 0) is 6.42 Å². The van der Waals surface area contributed by atoms with Gasteiger partial charge in [0.25, 0.3) is 0 Å². The van der Waals surface area contributed by atoms with Crippen LogP contribution in [0.1, 0.15) is 25.0 Å². The lowest BCUT2D eigenvalue weighted by Crippen LogP contribution is -2.09. The van der Waals surface area contributed by atoms with Gasteiger partial charge in [-0.25, -0.2) is 0 Å². The van der Waals surface area contributed by atoms with E-state index in [9.17, 15) is 0 Å². The maximum Gasteiger partial charge on any atom is 0.114 e. The fraction of sp³-hybridized carbons (Fsp3) is 0.333. The molecule has 0 atom stereocenters. The third kappa shape index (κ3) is 3.98. The summed E-state index contributed by atoms with van der Waals surface area (Å²) in [5.41, 5.74) is 3.27. The lowest BCUT2D eigenvalue weighted by Gasteiger charge is -2.03. The second kappa shape index (κ2) is 6.53. The van der Waals surface area contributed by atoms with Crippen molar-refractivity contribution in [3.05, 3.63) is 42.0 Å². The van der Waals surface area contributed by atoms with Gasteiger partial charge in [0.2, 0.25) is 0 Å². The summed E-state index contributed by atoms with van der Waals surface area (Å²) in [5, 5.41) is 0. The fourth-order valence-corrected chi connectivity index (χ4v) is 1.07. The maximum atomic E-state index is 5.73. The molecule has 1 aromatic carbocycles. The summed E-state index contributed by atoms with van der Waals surface area (Å²) in [6, 6.07) is 6.05. The SMILES string of the molecule is CC.[B]c1ccc(C)cc1CC=C. The van der Waals surface area contributed by atoms with E-state index in [-0.39, 0.29) is 0 Å². The molecular formula is C12H17B. The Morgan fingerprint density at radius 2 is 2.00 bits per heavy atom. The van der Waals surface area contributed by atoms with Gasteiger partial charge in [-0.05, 0) is 13.3 Å². The van der Waals surface area contributed by atoms with E-state index >= 15 is 0 Å².